The van der Waals surface area contributed by atoms with Crippen molar-refractivity contribution in [3.63, 3.8) is 0 Å². The molecule has 0 fully saturated rings. The van der Waals surface area contributed by atoms with E-state index in [0.29, 0.717) is 0 Å². The second kappa shape index (κ2) is 4.92. The zero-order chi connectivity index (χ0) is 9.68. The average Bonchev–Trinajstić information content (AvgIpc) is 2.14. The Bertz CT molecular complexity index is 343. The lowest BCUT2D eigenvalue weighted by molar-refractivity contribution is 1.26. The lowest BCUT2D eigenvalue weighted by Crippen LogP contribution is -1.96. The first-order valence-electron chi connectivity index (χ1n) is 4.01. The highest BCUT2D eigenvalue weighted by Gasteiger charge is 1.97. The average molecular weight is 239 g/mol. The van der Waals surface area contributed by atoms with Gasteiger partial charge in [0.25, 0.3) is 0 Å². The van der Waals surface area contributed by atoms with Gasteiger partial charge in [0.2, 0.25) is 0 Å². The number of aromatic nitrogens is 1. The molecule has 68 valence electrons. The lowest BCUT2D eigenvalue weighted by atomic mass is 10.2. The summed E-state index contributed by atoms with van der Waals surface area (Å²) < 4.78 is 1.02. The van der Waals surface area contributed by atoms with Gasteiger partial charge in [0.1, 0.15) is 0 Å². The van der Waals surface area contributed by atoms with Gasteiger partial charge < -0.3 is 0 Å². The van der Waals surface area contributed by atoms with Crippen LogP contribution >= 0.6 is 15.9 Å². The van der Waals surface area contributed by atoms with Gasteiger partial charge in [-0.15, -0.1) is 0 Å². The van der Waals surface area contributed by atoms with Gasteiger partial charge in [0, 0.05) is 16.9 Å². The number of allylic oxidation sites excluding steroid dienone is 1. The van der Waals surface area contributed by atoms with Crippen LogP contribution in [0.4, 0.5) is 0 Å². The summed E-state index contributed by atoms with van der Waals surface area (Å²) in [7, 11) is 0. The summed E-state index contributed by atoms with van der Waals surface area (Å²) in [5, 5.41) is 0. The highest BCUT2D eigenvalue weighted by atomic mass is 79.9. The molecule has 0 saturated carbocycles. The maximum atomic E-state index is 4.21. The molecule has 0 aliphatic rings. The van der Waals surface area contributed by atoms with Crippen LogP contribution < -0.4 is 0 Å². The topological polar surface area (TPSA) is 25.2 Å². The summed E-state index contributed by atoms with van der Waals surface area (Å²) in [5.41, 5.74) is 1.81. The quantitative estimate of drug-likeness (QED) is 0.727. The second-order valence-electron chi connectivity index (χ2n) is 2.56. The molecule has 0 saturated heterocycles. The fourth-order valence-electron chi connectivity index (χ4n) is 0.855. The summed E-state index contributed by atoms with van der Waals surface area (Å²) in [6.07, 6.45) is 5.41. The van der Waals surface area contributed by atoms with Gasteiger partial charge in [-0.25, -0.2) is 0 Å². The summed E-state index contributed by atoms with van der Waals surface area (Å²) in [4.78, 5) is 8.40. The van der Waals surface area contributed by atoms with E-state index in [1.54, 1.807) is 12.4 Å². The molecule has 1 aromatic heterocycles. The predicted octanol–water partition coefficient (Wildman–Crippen LogP) is 3.19. The maximum absolute atomic E-state index is 4.21. The minimum atomic E-state index is 0.896. The molecule has 0 aliphatic carbocycles. The molecule has 0 spiro atoms. The smallest absolute Gasteiger partial charge is 0.0852 e. The Hall–Kier alpha value is -0.960. The molecular weight excluding hydrogens is 228 g/mol. The SMILES string of the molecule is C/C=C\N=C(C)c1cc(Br)ccn1. The fourth-order valence-corrected chi connectivity index (χ4v) is 1.19. The summed E-state index contributed by atoms with van der Waals surface area (Å²) >= 11 is 3.39. The van der Waals surface area contributed by atoms with Crippen LogP contribution in [0.15, 0.2) is 40.1 Å². The van der Waals surface area contributed by atoms with Gasteiger partial charge in [-0.1, -0.05) is 22.0 Å². The molecule has 1 rings (SSSR count). The van der Waals surface area contributed by atoms with Crippen molar-refractivity contribution in [2.75, 3.05) is 0 Å². The minimum Gasteiger partial charge on any atom is -0.260 e. The van der Waals surface area contributed by atoms with E-state index < -0.39 is 0 Å². The predicted molar refractivity (Wildman–Crippen MR) is 59.0 cm³/mol. The Balaban J connectivity index is 2.94. The molecule has 0 amide bonds. The van der Waals surface area contributed by atoms with Crippen LogP contribution in [-0.4, -0.2) is 10.7 Å². The Labute approximate surface area is 86.5 Å². The Morgan fingerprint density at radius 2 is 2.38 bits per heavy atom. The van der Waals surface area contributed by atoms with Gasteiger partial charge >= 0.3 is 0 Å². The van der Waals surface area contributed by atoms with Crippen LogP contribution in [0.3, 0.4) is 0 Å². The van der Waals surface area contributed by atoms with Crippen LogP contribution in [0.1, 0.15) is 19.5 Å². The van der Waals surface area contributed by atoms with Gasteiger partial charge in [0.15, 0.2) is 0 Å². The van der Waals surface area contributed by atoms with Crippen LogP contribution in [0.5, 0.6) is 0 Å². The van der Waals surface area contributed by atoms with Gasteiger partial charge in [-0.05, 0) is 26.0 Å². The fraction of sp³-hybridized carbons (Fsp3) is 0.200. The van der Waals surface area contributed by atoms with Crippen molar-refractivity contribution in [2.45, 2.75) is 13.8 Å². The molecule has 0 aromatic carbocycles. The largest absolute Gasteiger partial charge is 0.260 e. The zero-order valence-corrected chi connectivity index (χ0v) is 9.25. The first-order valence-corrected chi connectivity index (χ1v) is 4.81. The van der Waals surface area contributed by atoms with E-state index in [-0.39, 0.29) is 0 Å². The van der Waals surface area contributed by atoms with E-state index in [2.05, 4.69) is 25.9 Å². The molecule has 13 heavy (non-hydrogen) atoms. The molecule has 2 nitrogen and oxygen atoms in total. The third-order valence-electron chi connectivity index (χ3n) is 1.51. The Morgan fingerprint density at radius 1 is 1.62 bits per heavy atom. The Kier molecular flexibility index (Phi) is 3.83. The van der Waals surface area contributed by atoms with Crippen LogP contribution in [0.25, 0.3) is 0 Å². The van der Waals surface area contributed by atoms with Gasteiger partial charge in [-0.2, -0.15) is 0 Å². The van der Waals surface area contributed by atoms with Crippen molar-refractivity contribution in [3.8, 4) is 0 Å². The standard InChI is InChI=1S/C10H11BrN2/c1-3-5-12-8(2)10-7-9(11)4-6-13-10/h3-7H,1-2H3/b5-3-,12-8?. The number of nitrogens with zero attached hydrogens (tertiary/aromatic N) is 2. The first kappa shape index (κ1) is 10.1. The van der Waals surface area contributed by atoms with E-state index in [1.807, 2.05) is 32.1 Å². The zero-order valence-electron chi connectivity index (χ0n) is 7.66. The van der Waals surface area contributed by atoms with Crippen LogP contribution in [-0.2, 0) is 0 Å². The van der Waals surface area contributed by atoms with Crippen molar-refractivity contribution in [3.05, 3.63) is 40.8 Å². The third-order valence-corrected chi connectivity index (χ3v) is 2.00. The molecular formula is C10H11BrN2. The Morgan fingerprint density at radius 3 is 3.00 bits per heavy atom. The molecule has 0 radical (unpaired) electrons. The molecule has 0 bridgehead atoms. The number of aliphatic imine (C=N–C) groups is 1. The third kappa shape index (κ3) is 3.11. The van der Waals surface area contributed by atoms with E-state index in [0.717, 1.165) is 15.9 Å². The number of pyridine rings is 1. The van der Waals surface area contributed by atoms with Crippen molar-refractivity contribution in [1.29, 1.82) is 0 Å². The van der Waals surface area contributed by atoms with Crippen LogP contribution in [0.2, 0.25) is 0 Å². The number of rotatable bonds is 2. The highest BCUT2D eigenvalue weighted by molar-refractivity contribution is 9.10. The number of halogens is 1. The van der Waals surface area contributed by atoms with E-state index in [9.17, 15) is 0 Å². The monoisotopic (exact) mass is 238 g/mol. The second-order valence-corrected chi connectivity index (χ2v) is 3.47. The van der Waals surface area contributed by atoms with E-state index in [4.69, 9.17) is 0 Å². The van der Waals surface area contributed by atoms with Gasteiger partial charge in [-0.3, -0.25) is 9.98 Å². The normalized spacial score (nSPS) is 12.4. The number of hydrogen-bond acceptors (Lipinski definition) is 2. The van der Waals surface area contributed by atoms with Crippen molar-refractivity contribution in [2.24, 2.45) is 4.99 Å². The highest BCUT2D eigenvalue weighted by Crippen LogP contribution is 2.09. The van der Waals surface area contributed by atoms with E-state index >= 15 is 0 Å². The minimum absolute atomic E-state index is 0.896. The van der Waals surface area contributed by atoms with Crippen molar-refractivity contribution < 1.29 is 0 Å². The molecule has 3 heteroatoms. The first-order chi connectivity index (χ1) is 6.24. The van der Waals surface area contributed by atoms with Crippen molar-refractivity contribution >= 4 is 21.6 Å². The van der Waals surface area contributed by atoms with Crippen LogP contribution in [0, 0.1) is 0 Å². The molecule has 1 aromatic rings. The molecule has 0 unspecified atom stereocenters. The molecule has 0 atom stereocenters. The lowest BCUT2D eigenvalue weighted by Gasteiger charge is -1.97. The van der Waals surface area contributed by atoms with Gasteiger partial charge in [0.05, 0.1) is 11.4 Å². The molecule has 1 heterocycles. The summed E-state index contributed by atoms with van der Waals surface area (Å²) in [5.74, 6) is 0. The number of hydrogen-bond donors (Lipinski definition) is 0. The maximum Gasteiger partial charge on any atom is 0.0852 e. The summed E-state index contributed by atoms with van der Waals surface area (Å²) in [6.45, 7) is 3.87. The van der Waals surface area contributed by atoms with Crippen molar-refractivity contribution in [1.82, 2.24) is 4.98 Å². The van der Waals surface area contributed by atoms with E-state index in [1.165, 1.54) is 0 Å². The summed E-state index contributed by atoms with van der Waals surface area (Å²) in [6, 6.07) is 3.84. The molecule has 0 N–H and O–H groups in total. The molecule has 0 aliphatic heterocycles.